The number of aromatic nitrogens is 1. The molecule has 0 aliphatic heterocycles. The molecule has 1 aromatic heterocycles. The monoisotopic (exact) mass is 444 g/mol. The fourth-order valence-corrected chi connectivity index (χ4v) is 4.30. The van der Waals surface area contributed by atoms with Crippen LogP contribution in [0.25, 0.3) is 10.9 Å². The second-order valence-electron chi connectivity index (χ2n) is 8.67. The number of rotatable bonds is 9. The van der Waals surface area contributed by atoms with Gasteiger partial charge in [-0.2, -0.15) is 0 Å². The van der Waals surface area contributed by atoms with Gasteiger partial charge >= 0.3 is 5.97 Å². The zero-order valence-electron chi connectivity index (χ0n) is 19.0. The van der Waals surface area contributed by atoms with Crippen LogP contribution >= 0.6 is 0 Å². The molecule has 5 heteroatoms. The Morgan fingerprint density at radius 3 is 2.45 bits per heavy atom. The van der Waals surface area contributed by atoms with Crippen molar-refractivity contribution in [2.75, 3.05) is 0 Å². The topological polar surface area (TPSA) is 54.3 Å². The van der Waals surface area contributed by atoms with E-state index in [1.807, 2.05) is 47.9 Å². The summed E-state index contributed by atoms with van der Waals surface area (Å²) in [6, 6.07) is 22.8. The third-order valence-corrected chi connectivity index (χ3v) is 6.12. The molecule has 1 atom stereocenters. The number of benzene rings is 3. The molecule has 4 aromatic rings. The van der Waals surface area contributed by atoms with Gasteiger partial charge in [0.2, 0.25) is 0 Å². The first-order valence-corrected chi connectivity index (χ1v) is 11.3. The number of halogens is 1. The molecule has 0 radical (unpaired) electrons. The van der Waals surface area contributed by atoms with Crippen molar-refractivity contribution in [1.82, 2.24) is 9.88 Å². The van der Waals surface area contributed by atoms with Crippen molar-refractivity contribution in [3.05, 3.63) is 107 Å². The SMILES string of the molecule is Cc1ccc2c(CN[C@H](C)CCc3ccccc3)c(C(=O)O)n(Cc3ccc(F)cc3)c2c1. The van der Waals surface area contributed by atoms with Gasteiger partial charge < -0.3 is 15.0 Å². The molecule has 0 aliphatic carbocycles. The van der Waals surface area contributed by atoms with Crippen LogP contribution in [0.2, 0.25) is 0 Å². The Morgan fingerprint density at radius 2 is 1.76 bits per heavy atom. The number of carboxylic acids is 1. The fraction of sp³-hybridized carbons (Fsp3) is 0.250. The van der Waals surface area contributed by atoms with Gasteiger partial charge in [-0.05, 0) is 61.6 Å². The van der Waals surface area contributed by atoms with Crippen molar-refractivity contribution in [3.63, 3.8) is 0 Å². The Hall–Kier alpha value is -3.44. The minimum absolute atomic E-state index is 0.229. The van der Waals surface area contributed by atoms with E-state index in [1.165, 1.54) is 17.7 Å². The molecule has 33 heavy (non-hydrogen) atoms. The first-order chi connectivity index (χ1) is 15.9. The summed E-state index contributed by atoms with van der Waals surface area (Å²) < 4.78 is 15.2. The fourth-order valence-electron chi connectivity index (χ4n) is 4.30. The zero-order chi connectivity index (χ0) is 23.4. The summed E-state index contributed by atoms with van der Waals surface area (Å²) in [4.78, 5) is 12.4. The molecule has 4 nitrogen and oxygen atoms in total. The van der Waals surface area contributed by atoms with Crippen LogP contribution in [0.15, 0.2) is 72.8 Å². The lowest BCUT2D eigenvalue weighted by Gasteiger charge is -2.15. The molecule has 0 saturated heterocycles. The first-order valence-electron chi connectivity index (χ1n) is 11.3. The van der Waals surface area contributed by atoms with Crippen molar-refractivity contribution in [1.29, 1.82) is 0 Å². The summed E-state index contributed by atoms with van der Waals surface area (Å²) in [5, 5.41) is 14.6. The largest absolute Gasteiger partial charge is 0.477 e. The Labute approximate surface area is 193 Å². The number of hydrogen-bond acceptors (Lipinski definition) is 2. The Balaban J connectivity index is 1.62. The molecule has 0 aliphatic rings. The summed E-state index contributed by atoms with van der Waals surface area (Å²) in [7, 11) is 0. The molecule has 0 saturated carbocycles. The lowest BCUT2D eigenvalue weighted by molar-refractivity contribution is 0.0684. The van der Waals surface area contributed by atoms with Crippen molar-refractivity contribution in [2.24, 2.45) is 0 Å². The number of hydrogen-bond donors (Lipinski definition) is 2. The van der Waals surface area contributed by atoms with Crippen LogP contribution in [-0.4, -0.2) is 21.7 Å². The quantitative estimate of drug-likeness (QED) is 0.336. The van der Waals surface area contributed by atoms with Crippen LogP contribution in [0.5, 0.6) is 0 Å². The molecule has 0 amide bonds. The predicted molar refractivity (Wildman–Crippen MR) is 130 cm³/mol. The molecule has 0 unspecified atom stereocenters. The van der Waals surface area contributed by atoms with Gasteiger partial charge in [0, 0.05) is 35.6 Å². The van der Waals surface area contributed by atoms with Crippen LogP contribution in [0.1, 0.15) is 46.1 Å². The lowest BCUT2D eigenvalue weighted by atomic mass is 10.1. The maximum absolute atomic E-state index is 13.4. The summed E-state index contributed by atoms with van der Waals surface area (Å²) in [5.41, 5.74) is 5.16. The van der Waals surface area contributed by atoms with E-state index in [9.17, 15) is 14.3 Å². The van der Waals surface area contributed by atoms with E-state index in [2.05, 4.69) is 24.4 Å². The smallest absolute Gasteiger partial charge is 0.352 e. The predicted octanol–water partition coefficient (Wildman–Crippen LogP) is 5.95. The summed E-state index contributed by atoms with van der Waals surface area (Å²) in [6.07, 6.45) is 1.92. The minimum atomic E-state index is -0.959. The summed E-state index contributed by atoms with van der Waals surface area (Å²) in [5.74, 6) is -1.26. The number of nitrogens with zero attached hydrogens (tertiary/aromatic N) is 1. The molecule has 0 fully saturated rings. The third-order valence-electron chi connectivity index (χ3n) is 6.12. The highest BCUT2D eigenvalue weighted by atomic mass is 19.1. The standard InChI is InChI=1S/C28H29FN2O2/c1-19-8-15-24-25(17-30-20(2)9-10-21-6-4-3-5-7-21)27(28(32)33)31(26(24)16-19)18-22-11-13-23(29)14-12-22/h3-8,11-16,20,30H,9-10,17-18H2,1-2H3,(H,32,33)/t20-/m1/s1. The maximum atomic E-state index is 13.4. The lowest BCUT2D eigenvalue weighted by Crippen LogP contribution is -2.27. The molecule has 1 heterocycles. The third kappa shape index (κ3) is 5.32. The van der Waals surface area contributed by atoms with Crippen molar-refractivity contribution >= 4 is 16.9 Å². The second kappa shape index (κ2) is 10.0. The molecule has 0 bridgehead atoms. The van der Waals surface area contributed by atoms with Crippen LogP contribution in [0.4, 0.5) is 4.39 Å². The molecule has 170 valence electrons. The average Bonchev–Trinajstić information content (AvgIpc) is 3.11. The molecule has 0 spiro atoms. The van der Waals surface area contributed by atoms with Crippen LogP contribution in [0.3, 0.4) is 0 Å². The molecular weight excluding hydrogens is 415 g/mol. The van der Waals surface area contributed by atoms with E-state index in [0.717, 1.165) is 40.4 Å². The summed E-state index contributed by atoms with van der Waals surface area (Å²) >= 11 is 0. The molecule has 2 N–H and O–H groups in total. The number of nitrogens with one attached hydrogen (secondary N) is 1. The van der Waals surface area contributed by atoms with Crippen LogP contribution < -0.4 is 5.32 Å². The van der Waals surface area contributed by atoms with Gasteiger partial charge in [-0.3, -0.25) is 0 Å². The van der Waals surface area contributed by atoms with E-state index in [1.54, 1.807) is 12.1 Å². The van der Waals surface area contributed by atoms with Crippen molar-refractivity contribution in [2.45, 2.75) is 45.8 Å². The maximum Gasteiger partial charge on any atom is 0.352 e. The normalized spacial score (nSPS) is 12.2. The van der Waals surface area contributed by atoms with Crippen molar-refractivity contribution in [3.8, 4) is 0 Å². The highest BCUT2D eigenvalue weighted by Gasteiger charge is 2.23. The number of carboxylic acid groups (broad SMARTS) is 1. The highest BCUT2D eigenvalue weighted by Crippen LogP contribution is 2.29. The minimum Gasteiger partial charge on any atom is -0.477 e. The number of fused-ring (bicyclic) bond motifs is 1. The summed E-state index contributed by atoms with van der Waals surface area (Å²) in [6.45, 7) is 4.96. The Morgan fingerprint density at radius 1 is 1.03 bits per heavy atom. The van der Waals surface area contributed by atoms with E-state index in [0.29, 0.717) is 13.1 Å². The van der Waals surface area contributed by atoms with Crippen molar-refractivity contribution < 1.29 is 14.3 Å². The van der Waals surface area contributed by atoms with Gasteiger partial charge in [0.1, 0.15) is 11.5 Å². The average molecular weight is 445 g/mol. The number of aromatic carboxylic acids is 1. The molecule has 3 aromatic carbocycles. The van der Waals surface area contributed by atoms with Gasteiger partial charge in [0.25, 0.3) is 0 Å². The van der Waals surface area contributed by atoms with Gasteiger partial charge in [0.15, 0.2) is 0 Å². The number of aryl methyl sites for hydroxylation is 2. The second-order valence-corrected chi connectivity index (χ2v) is 8.67. The van der Waals surface area contributed by atoms with Crippen LogP contribution in [-0.2, 0) is 19.5 Å². The van der Waals surface area contributed by atoms with Crippen LogP contribution in [0, 0.1) is 12.7 Å². The highest BCUT2D eigenvalue weighted by molar-refractivity contribution is 5.98. The van der Waals surface area contributed by atoms with E-state index in [-0.39, 0.29) is 17.6 Å². The van der Waals surface area contributed by atoms with Gasteiger partial charge in [-0.25, -0.2) is 9.18 Å². The zero-order valence-corrected chi connectivity index (χ0v) is 19.0. The van der Waals surface area contributed by atoms with E-state index < -0.39 is 5.97 Å². The number of carbonyl (C=O) groups is 1. The van der Waals surface area contributed by atoms with E-state index in [4.69, 9.17) is 0 Å². The first kappa shape index (κ1) is 22.7. The van der Waals surface area contributed by atoms with E-state index >= 15 is 0 Å². The Kier molecular flexibility index (Phi) is 6.90. The Bertz CT molecular complexity index is 1250. The van der Waals surface area contributed by atoms with Gasteiger partial charge in [-0.15, -0.1) is 0 Å². The molecule has 4 rings (SSSR count). The van der Waals surface area contributed by atoms with Gasteiger partial charge in [0.05, 0.1) is 0 Å². The molecular formula is C28H29FN2O2. The van der Waals surface area contributed by atoms with Gasteiger partial charge in [-0.1, -0.05) is 54.6 Å².